The zero-order valence-corrected chi connectivity index (χ0v) is 16.6. The molecular formula is C20H14ClF3N2S2. The van der Waals surface area contributed by atoms with E-state index in [2.05, 4.69) is 10.6 Å². The second kappa shape index (κ2) is 8.86. The summed E-state index contributed by atoms with van der Waals surface area (Å²) >= 11 is 12.6. The van der Waals surface area contributed by atoms with Crippen LogP contribution >= 0.6 is 35.6 Å². The maximum Gasteiger partial charge on any atom is 0.418 e. The summed E-state index contributed by atoms with van der Waals surface area (Å²) in [6, 6.07) is 20.0. The van der Waals surface area contributed by atoms with E-state index in [9.17, 15) is 13.2 Å². The number of halogens is 4. The summed E-state index contributed by atoms with van der Waals surface area (Å²) in [6.45, 7) is 0. The third-order valence-corrected chi connectivity index (χ3v) is 5.20. The number of rotatable bonds is 4. The molecule has 0 aliphatic heterocycles. The number of hydrogen-bond donors (Lipinski definition) is 2. The molecular weight excluding hydrogens is 425 g/mol. The van der Waals surface area contributed by atoms with Crippen LogP contribution < -0.4 is 10.6 Å². The Morgan fingerprint density at radius 3 is 2.07 bits per heavy atom. The van der Waals surface area contributed by atoms with Crippen molar-refractivity contribution in [1.82, 2.24) is 0 Å². The molecule has 0 heterocycles. The Hall–Kier alpha value is -2.22. The lowest BCUT2D eigenvalue weighted by Gasteiger charge is -2.17. The van der Waals surface area contributed by atoms with Crippen molar-refractivity contribution in [3.63, 3.8) is 0 Å². The predicted octanol–water partition coefficient (Wildman–Crippen LogP) is 7.32. The van der Waals surface area contributed by atoms with Crippen LogP contribution in [-0.4, -0.2) is 5.11 Å². The van der Waals surface area contributed by atoms with E-state index < -0.39 is 11.7 Å². The maximum atomic E-state index is 13.1. The fourth-order valence-corrected chi connectivity index (χ4v) is 3.65. The molecule has 0 spiro atoms. The molecule has 3 aromatic carbocycles. The Morgan fingerprint density at radius 2 is 1.39 bits per heavy atom. The van der Waals surface area contributed by atoms with Gasteiger partial charge in [0.15, 0.2) is 5.11 Å². The number of para-hydroxylation sites is 2. The van der Waals surface area contributed by atoms with Gasteiger partial charge in [-0.1, -0.05) is 47.6 Å². The van der Waals surface area contributed by atoms with Crippen LogP contribution in [0.15, 0.2) is 82.6 Å². The molecule has 0 saturated carbocycles. The molecule has 2 N–H and O–H groups in total. The molecule has 0 aliphatic rings. The van der Waals surface area contributed by atoms with Gasteiger partial charge in [0.1, 0.15) is 0 Å². The number of alkyl halides is 3. The van der Waals surface area contributed by atoms with Crippen molar-refractivity contribution in [1.29, 1.82) is 0 Å². The number of nitrogens with one attached hydrogen (secondary N) is 2. The van der Waals surface area contributed by atoms with Gasteiger partial charge in [0.2, 0.25) is 0 Å². The highest BCUT2D eigenvalue weighted by molar-refractivity contribution is 7.99. The Labute approximate surface area is 175 Å². The van der Waals surface area contributed by atoms with Crippen LogP contribution in [0.4, 0.5) is 24.5 Å². The van der Waals surface area contributed by atoms with Crippen molar-refractivity contribution in [3.05, 3.63) is 83.4 Å². The average Bonchev–Trinajstić information content (AvgIpc) is 2.65. The third-order valence-electron chi connectivity index (χ3n) is 3.66. The first-order valence-corrected chi connectivity index (χ1v) is 9.70. The summed E-state index contributed by atoms with van der Waals surface area (Å²) in [7, 11) is 0. The first kappa shape index (κ1) is 20.5. The lowest BCUT2D eigenvalue weighted by atomic mass is 10.1. The van der Waals surface area contributed by atoms with E-state index in [1.54, 1.807) is 12.1 Å². The lowest BCUT2D eigenvalue weighted by Crippen LogP contribution is -2.21. The molecule has 0 bridgehead atoms. The van der Waals surface area contributed by atoms with E-state index in [0.29, 0.717) is 10.7 Å². The Morgan fingerprint density at radius 1 is 0.821 bits per heavy atom. The highest BCUT2D eigenvalue weighted by Crippen LogP contribution is 2.36. The van der Waals surface area contributed by atoms with E-state index in [0.717, 1.165) is 15.9 Å². The van der Waals surface area contributed by atoms with Crippen molar-refractivity contribution in [2.45, 2.75) is 16.0 Å². The SMILES string of the molecule is FC(F)(F)c1ccccc1NC(=S)Nc1ccccc1Sc1ccc(Cl)cc1. The summed E-state index contributed by atoms with van der Waals surface area (Å²) in [5.41, 5.74) is -0.192. The van der Waals surface area contributed by atoms with Gasteiger partial charge in [-0.15, -0.1) is 0 Å². The van der Waals surface area contributed by atoms with Crippen LogP contribution in [0.25, 0.3) is 0 Å². The van der Waals surface area contributed by atoms with Crippen molar-refractivity contribution < 1.29 is 13.2 Å². The smallest absolute Gasteiger partial charge is 0.332 e. The maximum absolute atomic E-state index is 13.1. The summed E-state index contributed by atoms with van der Waals surface area (Å²) in [6.07, 6.45) is -4.47. The topological polar surface area (TPSA) is 24.1 Å². The van der Waals surface area contributed by atoms with Gasteiger partial charge < -0.3 is 10.6 Å². The van der Waals surface area contributed by atoms with Crippen LogP contribution in [0.5, 0.6) is 0 Å². The van der Waals surface area contributed by atoms with Gasteiger partial charge in [-0.25, -0.2) is 0 Å². The van der Waals surface area contributed by atoms with E-state index in [4.69, 9.17) is 23.8 Å². The van der Waals surface area contributed by atoms with E-state index >= 15 is 0 Å². The first-order chi connectivity index (χ1) is 13.3. The molecule has 0 amide bonds. The average molecular weight is 439 g/mol. The van der Waals surface area contributed by atoms with Crippen LogP contribution in [0.1, 0.15) is 5.56 Å². The lowest BCUT2D eigenvalue weighted by molar-refractivity contribution is -0.136. The van der Waals surface area contributed by atoms with Crippen molar-refractivity contribution in [3.8, 4) is 0 Å². The molecule has 3 aromatic rings. The molecule has 144 valence electrons. The molecule has 0 aliphatic carbocycles. The molecule has 0 radical (unpaired) electrons. The minimum atomic E-state index is -4.47. The molecule has 8 heteroatoms. The number of benzene rings is 3. The van der Waals surface area contributed by atoms with Crippen LogP contribution in [0, 0.1) is 0 Å². The molecule has 2 nitrogen and oxygen atoms in total. The minimum Gasteiger partial charge on any atom is -0.332 e. The molecule has 0 atom stereocenters. The van der Waals surface area contributed by atoms with Crippen molar-refractivity contribution in [2.24, 2.45) is 0 Å². The molecule has 3 rings (SSSR count). The van der Waals surface area contributed by atoms with Gasteiger partial charge in [-0.3, -0.25) is 0 Å². The largest absolute Gasteiger partial charge is 0.418 e. The Kier molecular flexibility index (Phi) is 6.49. The number of hydrogen-bond acceptors (Lipinski definition) is 2. The third kappa shape index (κ3) is 5.41. The molecule has 0 aromatic heterocycles. The van der Waals surface area contributed by atoms with E-state index in [-0.39, 0.29) is 10.8 Å². The second-order valence-corrected chi connectivity index (χ2v) is 7.63. The first-order valence-electron chi connectivity index (χ1n) is 8.09. The van der Waals surface area contributed by atoms with Gasteiger partial charge in [0.25, 0.3) is 0 Å². The van der Waals surface area contributed by atoms with E-state index in [1.165, 1.54) is 30.0 Å². The molecule has 0 unspecified atom stereocenters. The zero-order valence-electron chi connectivity index (χ0n) is 14.3. The summed E-state index contributed by atoms with van der Waals surface area (Å²) in [4.78, 5) is 1.85. The number of thiocarbonyl (C=S) groups is 1. The normalized spacial score (nSPS) is 11.1. The van der Waals surface area contributed by atoms with Crippen molar-refractivity contribution >= 4 is 52.1 Å². The van der Waals surface area contributed by atoms with Gasteiger partial charge in [0.05, 0.1) is 16.9 Å². The van der Waals surface area contributed by atoms with Gasteiger partial charge in [-0.2, -0.15) is 13.2 Å². The summed E-state index contributed by atoms with van der Waals surface area (Å²) in [5.74, 6) is 0. The summed E-state index contributed by atoms with van der Waals surface area (Å²) in [5, 5.41) is 6.33. The fourth-order valence-electron chi connectivity index (χ4n) is 2.40. The van der Waals surface area contributed by atoms with Gasteiger partial charge in [0, 0.05) is 14.8 Å². The van der Waals surface area contributed by atoms with E-state index in [1.807, 2.05) is 36.4 Å². The fraction of sp³-hybridized carbons (Fsp3) is 0.0500. The minimum absolute atomic E-state index is 0.0702. The molecule has 28 heavy (non-hydrogen) atoms. The molecule has 0 fully saturated rings. The van der Waals surface area contributed by atoms with Gasteiger partial charge in [-0.05, 0) is 60.7 Å². The highest BCUT2D eigenvalue weighted by atomic mass is 35.5. The van der Waals surface area contributed by atoms with Gasteiger partial charge >= 0.3 is 6.18 Å². The Bertz CT molecular complexity index is 976. The second-order valence-electron chi connectivity index (χ2n) is 5.67. The quantitative estimate of drug-likeness (QED) is 0.417. The van der Waals surface area contributed by atoms with Crippen LogP contribution in [-0.2, 0) is 6.18 Å². The van der Waals surface area contributed by atoms with Crippen LogP contribution in [0.3, 0.4) is 0 Å². The zero-order chi connectivity index (χ0) is 20.1. The molecule has 0 saturated heterocycles. The predicted molar refractivity (Wildman–Crippen MR) is 113 cm³/mol. The van der Waals surface area contributed by atoms with Crippen molar-refractivity contribution in [2.75, 3.05) is 10.6 Å². The monoisotopic (exact) mass is 438 g/mol. The highest BCUT2D eigenvalue weighted by Gasteiger charge is 2.33. The van der Waals surface area contributed by atoms with Crippen LogP contribution in [0.2, 0.25) is 5.02 Å². The Balaban J connectivity index is 1.76. The number of anilines is 2. The summed E-state index contributed by atoms with van der Waals surface area (Å²) < 4.78 is 39.4. The standard InChI is InChI=1S/C20H14ClF3N2S2/c21-13-9-11-14(12-10-13)28-18-8-4-3-7-17(18)26-19(27)25-16-6-2-1-5-15(16)20(22,23)24/h1-12H,(H2,25,26,27).